The molecule has 0 bridgehead atoms. The monoisotopic (exact) mass is 528 g/mol. The van der Waals surface area contributed by atoms with Crippen molar-refractivity contribution in [2.24, 2.45) is 0 Å². The molecule has 166 valence electrons. The average molecular weight is 530 g/mol. The first-order chi connectivity index (χ1) is 15.2. The van der Waals surface area contributed by atoms with Crippen LogP contribution in [0.25, 0.3) is 10.1 Å². The Morgan fingerprint density at radius 3 is 2.44 bits per heavy atom. The Labute approximate surface area is 207 Å². The van der Waals surface area contributed by atoms with E-state index >= 15 is 0 Å². The van der Waals surface area contributed by atoms with E-state index < -0.39 is 4.92 Å². The molecule has 0 radical (unpaired) electrons. The molecule has 4 rings (SSSR count). The van der Waals surface area contributed by atoms with Gasteiger partial charge in [0.15, 0.2) is 5.11 Å². The van der Waals surface area contributed by atoms with Crippen molar-refractivity contribution in [1.29, 1.82) is 0 Å². The van der Waals surface area contributed by atoms with Gasteiger partial charge in [0.1, 0.15) is 4.88 Å². The third-order valence-electron chi connectivity index (χ3n) is 5.04. The first-order valence-electron chi connectivity index (χ1n) is 9.41. The molecule has 0 aliphatic carbocycles. The minimum Gasteiger partial charge on any atom is -0.345 e. The van der Waals surface area contributed by atoms with Gasteiger partial charge >= 0.3 is 0 Å². The van der Waals surface area contributed by atoms with Crippen LogP contribution < -0.4 is 5.32 Å². The largest absolute Gasteiger partial charge is 0.345 e. The number of hydrogen-bond acceptors (Lipinski definition) is 5. The van der Waals surface area contributed by atoms with Crippen molar-refractivity contribution in [3.05, 3.63) is 66.5 Å². The van der Waals surface area contributed by atoms with E-state index in [1.807, 2.05) is 4.90 Å². The second kappa shape index (κ2) is 9.36. The Morgan fingerprint density at radius 2 is 1.75 bits per heavy atom. The summed E-state index contributed by atoms with van der Waals surface area (Å²) in [7, 11) is 0. The molecule has 0 saturated carbocycles. The normalized spacial score (nSPS) is 14.0. The molecule has 1 amide bonds. The van der Waals surface area contributed by atoms with Gasteiger partial charge in [-0.1, -0.05) is 34.8 Å². The van der Waals surface area contributed by atoms with Gasteiger partial charge in [0.2, 0.25) is 0 Å². The Kier molecular flexibility index (Phi) is 6.73. The molecule has 1 N–H and O–H groups in total. The fourth-order valence-corrected chi connectivity index (χ4v) is 5.49. The third kappa shape index (κ3) is 4.62. The smallest absolute Gasteiger partial charge is 0.270 e. The summed E-state index contributed by atoms with van der Waals surface area (Å²) in [5.41, 5.74) is 0.581. The summed E-state index contributed by atoms with van der Waals surface area (Å²) in [5, 5.41) is 16.6. The second-order valence-corrected chi connectivity index (χ2v) is 9.68. The first-order valence-corrected chi connectivity index (χ1v) is 11.8. The number of nitro groups is 1. The van der Waals surface area contributed by atoms with Crippen molar-refractivity contribution in [3.8, 4) is 0 Å². The van der Waals surface area contributed by atoms with Crippen LogP contribution in [0.3, 0.4) is 0 Å². The first kappa shape index (κ1) is 23.0. The van der Waals surface area contributed by atoms with Crippen molar-refractivity contribution >= 4 is 90.8 Å². The van der Waals surface area contributed by atoms with Crippen molar-refractivity contribution in [2.75, 3.05) is 31.5 Å². The molecule has 1 fully saturated rings. The average Bonchev–Trinajstić information content (AvgIpc) is 3.11. The van der Waals surface area contributed by atoms with E-state index in [1.165, 1.54) is 12.1 Å². The second-order valence-electron chi connectivity index (χ2n) is 7.02. The number of thiophene rings is 1. The van der Waals surface area contributed by atoms with Crippen LogP contribution in [-0.4, -0.2) is 51.9 Å². The number of benzene rings is 2. The van der Waals surface area contributed by atoms with E-state index in [4.69, 9.17) is 47.0 Å². The number of halogens is 3. The molecule has 32 heavy (non-hydrogen) atoms. The number of nitrogens with one attached hydrogen (secondary N) is 1. The lowest BCUT2D eigenvalue weighted by atomic mass is 10.2. The van der Waals surface area contributed by atoms with Gasteiger partial charge in [-0.2, -0.15) is 0 Å². The third-order valence-corrected chi connectivity index (χ3v) is 7.61. The molecular formula is C20H15Cl3N4O3S2. The minimum absolute atomic E-state index is 0.0381. The summed E-state index contributed by atoms with van der Waals surface area (Å²) in [4.78, 5) is 27.7. The lowest BCUT2D eigenvalue weighted by molar-refractivity contribution is -0.384. The number of non-ortho nitro benzene ring substituents is 1. The number of carbonyl (C=O) groups is 1. The fraction of sp³-hybridized carbons (Fsp3) is 0.200. The van der Waals surface area contributed by atoms with Crippen LogP contribution in [0.15, 0.2) is 36.4 Å². The number of amides is 1. The van der Waals surface area contributed by atoms with Crippen LogP contribution in [0, 0.1) is 10.1 Å². The van der Waals surface area contributed by atoms with Gasteiger partial charge in [-0.05, 0) is 36.5 Å². The predicted molar refractivity (Wildman–Crippen MR) is 134 cm³/mol. The van der Waals surface area contributed by atoms with Gasteiger partial charge in [0.05, 0.1) is 20.7 Å². The van der Waals surface area contributed by atoms with Gasteiger partial charge in [-0.15, -0.1) is 11.3 Å². The SMILES string of the molecule is O=C(c1sc2cc([N+](=O)[O-])ccc2c1Cl)N1CCN(C(=S)Nc2cc(Cl)ccc2Cl)CC1. The highest BCUT2D eigenvalue weighted by atomic mass is 35.5. The summed E-state index contributed by atoms with van der Waals surface area (Å²) in [5.74, 6) is -0.199. The summed E-state index contributed by atoms with van der Waals surface area (Å²) in [6.07, 6.45) is 0. The van der Waals surface area contributed by atoms with E-state index in [-0.39, 0.29) is 11.6 Å². The Hall–Kier alpha value is -2.17. The van der Waals surface area contributed by atoms with Crippen LogP contribution >= 0.6 is 58.4 Å². The Morgan fingerprint density at radius 1 is 1.06 bits per heavy atom. The summed E-state index contributed by atoms with van der Waals surface area (Å²) < 4.78 is 0.606. The molecule has 2 aromatic carbocycles. The van der Waals surface area contributed by atoms with E-state index in [2.05, 4.69) is 5.32 Å². The lowest BCUT2D eigenvalue weighted by Gasteiger charge is -2.36. The van der Waals surface area contributed by atoms with Crippen molar-refractivity contribution in [2.45, 2.75) is 0 Å². The summed E-state index contributed by atoms with van der Waals surface area (Å²) in [6, 6.07) is 9.48. The predicted octanol–water partition coefficient (Wildman–Crippen LogP) is 5.92. The Bertz CT molecular complexity index is 1240. The van der Waals surface area contributed by atoms with Crippen LogP contribution in [0.4, 0.5) is 11.4 Å². The molecule has 0 atom stereocenters. The maximum atomic E-state index is 13.1. The van der Waals surface area contributed by atoms with E-state index in [0.717, 1.165) is 11.3 Å². The molecule has 3 aromatic rings. The highest BCUT2D eigenvalue weighted by Gasteiger charge is 2.27. The standard InChI is InChI=1S/C20H15Cl3N4O3S2/c21-11-1-4-14(22)15(9-11)24-20(31)26-7-5-25(6-8-26)19(28)18-17(23)13-3-2-12(27(29)30)10-16(13)32-18/h1-4,9-10H,5-8H2,(H,24,31). The quantitative estimate of drug-likeness (QED) is 0.258. The zero-order valence-corrected chi connectivity index (χ0v) is 20.2. The molecule has 12 heteroatoms. The fourth-order valence-electron chi connectivity index (χ4n) is 3.35. The van der Waals surface area contributed by atoms with E-state index in [1.54, 1.807) is 29.2 Å². The zero-order chi connectivity index (χ0) is 23.0. The maximum absolute atomic E-state index is 13.1. The molecular weight excluding hydrogens is 515 g/mol. The molecule has 1 aliphatic heterocycles. The summed E-state index contributed by atoms with van der Waals surface area (Å²) in [6.45, 7) is 1.97. The molecule has 0 unspecified atom stereocenters. The molecule has 1 saturated heterocycles. The van der Waals surface area contributed by atoms with Gasteiger partial charge in [0, 0.05) is 53.4 Å². The highest BCUT2D eigenvalue weighted by Crippen LogP contribution is 2.38. The number of nitrogens with zero attached hydrogens (tertiary/aromatic N) is 3. The number of hydrogen-bond donors (Lipinski definition) is 1. The van der Waals surface area contributed by atoms with Crippen LogP contribution in [-0.2, 0) is 0 Å². The number of anilines is 1. The molecule has 1 aromatic heterocycles. The van der Waals surface area contributed by atoms with Gasteiger partial charge in [0.25, 0.3) is 11.6 Å². The minimum atomic E-state index is -0.471. The number of thiocarbonyl (C=S) groups is 1. The van der Waals surface area contributed by atoms with Crippen LogP contribution in [0.5, 0.6) is 0 Å². The molecule has 1 aliphatic rings. The number of carbonyl (C=O) groups excluding carboxylic acids is 1. The van der Waals surface area contributed by atoms with E-state index in [0.29, 0.717) is 67.0 Å². The number of piperazine rings is 1. The zero-order valence-electron chi connectivity index (χ0n) is 16.3. The summed E-state index contributed by atoms with van der Waals surface area (Å²) >= 11 is 25.3. The van der Waals surface area contributed by atoms with Crippen molar-refractivity contribution in [1.82, 2.24) is 9.80 Å². The van der Waals surface area contributed by atoms with E-state index in [9.17, 15) is 14.9 Å². The number of fused-ring (bicyclic) bond motifs is 1. The van der Waals surface area contributed by atoms with Crippen LogP contribution in [0.1, 0.15) is 9.67 Å². The van der Waals surface area contributed by atoms with Crippen molar-refractivity contribution in [3.63, 3.8) is 0 Å². The lowest BCUT2D eigenvalue weighted by Crippen LogP contribution is -2.51. The Balaban J connectivity index is 1.43. The van der Waals surface area contributed by atoms with Crippen LogP contribution in [0.2, 0.25) is 15.1 Å². The topological polar surface area (TPSA) is 78.7 Å². The molecule has 0 spiro atoms. The van der Waals surface area contributed by atoms with Gasteiger partial charge < -0.3 is 15.1 Å². The molecule has 2 heterocycles. The molecule has 7 nitrogen and oxygen atoms in total. The van der Waals surface area contributed by atoms with Crippen molar-refractivity contribution < 1.29 is 9.72 Å². The van der Waals surface area contributed by atoms with Gasteiger partial charge in [-0.25, -0.2) is 0 Å². The maximum Gasteiger partial charge on any atom is 0.270 e. The highest BCUT2D eigenvalue weighted by molar-refractivity contribution is 7.80. The number of nitro benzene ring substituents is 1. The van der Waals surface area contributed by atoms with Gasteiger partial charge in [-0.3, -0.25) is 14.9 Å². The number of rotatable bonds is 3.